The lowest BCUT2D eigenvalue weighted by Gasteiger charge is -2.35. The zero-order chi connectivity index (χ0) is 17.6. The van der Waals surface area contributed by atoms with E-state index >= 15 is 0 Å². The SMILES string of the molecule is CC(C)CNC(=O)c1cccnc1N1CCNC(c2ccccc2)C1. The van der Waals surface area contributed by atoms with Crippen LogP contribution in [0.3, 0.4) is 0 Å². The van der Waals surface area contributed by atoms with Crippen LogP contribution < -0.4 is 15.5 Å². The van der Waals surface area contributed by atoms with Gasteiger partial charge in [-0.1, -0.05) is 44.2 Å². The van der Waals surface area contributed by atoms with Gasteiger partial charge in [0.25, 0.3) is 5.91 Å². The van der Waals surface area contributed by atoms with E-state index in [4.69, 9.17) is 0 Å². The number of hydrogen-bond donors (Lipinski definition) is 2. The predicted molar refractivity (Wildman–Crippen MR) is 101 cm³/mol. The van der Waals surface area contributed by atoms with Crippen molar-refractivity contribution in [3.63, 3.8) is 0 Å². The number of hydrogen-bond acceptors (Lipinski definition) is 4. The smallest absolute Gasteiger partial charge is 0.255 e. The normalized spacial score (nSPS) is 17.6. The van der Waals surface area contributed by atoms with Crippen LogP contribution >= 0.6 is 0 Å². The number of pyridine rings is 1. The van der Waals surface area contributed by atoms with Crippen LogP contribution in [0.1, 0.15) is 35.8 Å². The highest BCUT2D eigenvalue weighted by molar-refractivity contribution is 5.98. The molecular formula is C20H26N4O. The number of piperazine rings is 1. The zero-order valence-electron chi connectivity index (χ0n) is 14.9. The van der Waals surface area contributed by atoms with E-state index in [1.54, 1.807) is 6.20 Å². The zero-order valence-corrected chi connectivity index (χ0v) is 14.9. The highest BCUT2D eigenvalue weighted by atomic mass is 16.1. The van der Waals surface area contributed by atoms with Gasteiger partial charge in [0, 0.05) is 38.4 Å². The molecule has 1 aliphatic rings. The Morgan fingerprint density at radius 3 is 2.84 bits per heavy atom. The molecule has 1 saturated heterocycles. The van der Waals surface area contributed by atoms with Crippen molar-refractivity contribution < 1.29 is 4.79 Å². The van der Waals surface area contributed by atoms with E-state index in [-0.39, 0.29) is 11.9 Å². The number of anilines is 1. The number of benzene rings is 1. The van der Waals surface area contributed by atoms with Gasteiger partial charge in [0.1, 0.15) is 5.82 Å². The first kappa shape index (κ1) is 17.4. The molecule has 0 saturated carbocycles. The first-order chi connectivity index (χ1) is 12.1. The molecule has 0 spiro atoms. The van der Waals surface area contributed by atoms with Crippen molar-refractivity contribution in [3.8, 4) is 0 Å². The van der Waals surface area contributed by atoms with Gasteiger partial charge in [-0.15, -0.1) is 0 Å². The molecule has 1 aromatic heterocycles. The number of amides is 1. The largest absolute Gasteiger partial charge is 0.353 e. The first-order valence-electron chi connectivity index (χ1n) is 8.91. The van der Waals surface area contributed by atoms with E-state index < -0.39 is 0 Å². The summed E-state index contributed by atoms with van der Waals surface area (Å²) in [4.78, 5) is 19.3. The Bertz CT molecular complexity index is 702. The molecule has 3 rings (SSSR count). The third-order valence-corrected chi connectivity index (χ3v) is 4.38. The minimum absolute atomic E-state index is 0.0495. The van der Waals surface area contributed by atoms with Crippen molar-refractivity contribution in [1.29, 1.82) is 0 Å². The number of carbonyl (C=O) groups is 1. The number of nitrogens with zero attached hydrogens (tertiary/aromatic N) is 2. The summed E-state index contributed by atoms with van der Waals surface area (Å²) in [5.74, 6) is 1.14. The summed E-state index contributed by atoms with van der Waals surface area (Å²) in [5, 5.41) is 6.55. The Labute approximate surface area is 149 Å². The molecule has 0 bridgehead atoms. The Balaban J connectivity index is 1.78. The Morgan fingerprint density at radius 2 is 2.08 bits per heavy atom. The van der Waals surface area contributed by atoms with Crippen LogP contribution in [0.4, 0.5) is 5.82 Å². The van der Waals surface area contributed by atoms with Crippen molar-refractivity contribution in [2.75, 3.05) is 31.1 Å². The van der Waals surface area contributed by atoms with Crippen molar-refractivity contribution in [2.45, 2.75) is 19.9 Å². The van der Waals surface area contributed by atoms with E-state index in [0.29, 0.717) is 18.0 Å². The van der Waals surface area contributed by atoms with Gasteiger partial charge in [-0.05, 0) is 23.6 Å². The predicted octanol–water partition coefficient (Wildman–Crippen LogP) is 2.62. The number of nitrogens with one attached hydrogen (secondary N) is 2. The molecule has 2 aromatic rings. The van der Waals surface area contributed by atoms with Crippen LogP contribution in [-0.2, 0) is 0 Å². The quantitative estimate of drug-likeness (QED) is 0.880. The number of rotatable bonds is 5. The number of aromatic nitrogens is 1. The van der Waals surface area contributed by atoms with Crippen molar-refractivity contribution in [1.82, 2.24) is 15.6 Å². The van der Waals surface area contributed by atoms with Crippen molar-refractivity contribution >= 4 is 11.7 Å². The second-order valence-corrected chi connectivity index (χ2v) is 6.84. The van der Waals surface area contributed by atoms with Gasteiger partial charge in [-0.2, -0.15) is 0 Å². The summed E-state index contributed by atoms with van der Waals surface area (Å²) in [6.07, 6.45) is 1.76. The summed E-state index contributed by atoms with van der Waals surface area (Å²) >= 11 is 0. The standard InChI is InChI=1S/C20H26N4O/c1-15(2)13-23-20(25)17-9-6-10-22-19(17)24-12-11-21-18(14-24)16-7-4-3-5-8-16/h3-10,15,18,21H,11-14H2,1-2H3,(H,23,25). The van der Waals surface area contributed by atoms with Gasteiger partial charge in [0.15, 0.2) is 0 Å². The summed E-state index contributed by atoms with van der Waals surface area (Å²) < 4.78 is 0. The first-order valence-corrected chi connectivity index (χ1v) is 8.91. The van der Waals surface area contributed by atoms with E-state index in [1.807, 2.05) is 18.2 Å². The Kier molecular flexibility index (Phi) is 5.66. The van der Waals surface area contributed by atoms with Crippen LogP contribution in [0.5, 0.6) is 0 Å². The Morgan fingerprint density at radius 1 is 1.28 bits per heavy atom. The molecule has 1 atom stereocenters. The monoisotopic (exact) mass is 338 g/mol. The fourth-order valence-electron chi connectivity index (χ4n) is 3.07. The lowest BCUT2D eigenvalue weighted by Crippen LogP contribution is -2.47. The van der Waals surface area contributed by atoms with Gasteiger partial charge in [-0.3, -0.25) is 4.79 Å². The summed E-state index contributed by atoms with van der Waals surface area (Å²) in [5.41, 5.74) is 1.91. The van der Waals surface area contributed by atoms with Crippen LogP contribution in [-0.4, -0.2) is 37.1 Å². The summed E-state index contributed by atoms with van der Waals surface area (Å²) in [7, 11) is 0. The molecule has 5 heteroatoms. The van der Waals surface area contributed by atoms with Crippen LogP contribution in [0.2, 0.25) is 0 Å². The molecule has 1 fully saturated rings. The fourth-order valence-corrected chi connectivity index (χ4v) is 3.07. The van der Waals surface area contributed by atoms with E-state index in [9.17, 15) is 4.79 Å². The topological polar surface area (TPSA) is 57.3 Å². The highest BCUT2D eigenvalue weighted by Crippen LogP contribution is 2.23. The lowest BCUT2D eigenvalue weighted by molar-refractivity contribution is 0.0949. The fraction of sp³-hybridized carbons (Fsp3) is 0.400. The van der Waals surface area contributed by atoms with Gasteiger partial charge in [0.05, 0.1) is 5.56 Å². The third kappa shape index (κ3) is 4.37. The molecule has 2 heterocycles. The minimum Gasteiger partial charge on any atom is -0.353 e. The van der Waals surface area contributed by atoms with Gasteiger partial charge in [-0.25, -0.2) is 4.98 Å². The maximum atomic E-state index is 12.6. The Hall–Kier alpha value is -2.40. The summed E-state index contributed by atoms with van der Waals surface area (Å²) in [6.45, 7) is 7.34. The van der Waals surface area contributed by atoms with E-state index in [2.05, 4.69) is 58.6 Å². The maximum absolute atomic E-state index is 12.6. The molecular weight excluding hydrogens is 312 g/mol. The molecule has 1 aliphatic heterocycles. The lowest BCUT2D eigenvalue weighted by atomic mass is 10.0. The highest BCUT2D eigenvalue weighted by Gasteiger charge is 2.25. The van der Waals surface area contributed by atoms with Gasteiger partial charge >= 0.3 is 0 Å². The molecule has 0 aliphatic carbocycles. The second kappa shape index (κ2) is 8.12. The average molecular weight is 338 g/mol. The van der Waals surface area contributed by atoms with Crippen molar-refractivity contribution in [3.05, 3.63) is 59.8 Å². The molecule has 1 aromatic carbocycles. The molecule has 1 amide bonds. The summed E-state index contributed by atoms with van der Waals surface area (Å²) in [6, 6.07) is 14.3. The molecule has 25 heavy (non-hydrogen) atoms. The third-order valence-electron chi connectivity index (χ3n) is 4.38. The molecule has 132 valence electrons. The van der Waals surface area contributed by atoms with E-state index in [0.717, 1.165) is 25.5 Å². The van der Waals surface area contributed by atoms with Gasteiger partial charge < -0.3 is 15.5 Å². The van der Waals surface area contributed by atoms with Crippen LogP contribution in [0.15, 0.2) is 48.7 Å². The van der Waals surface area contributed by atoms with Crippen molar-refractivity contribution in [2.24, 2.45) is 5.92 Å². The van der Waals surface area contributed by atoms with Gasteiger partial charge in [0.2, 0.25) is 0 Å². The minimum atomic E-state index is -0.0495. The van der Waals surface area contributed by atoms with E-state index in [1.165, 1.54) is 5.56 Å². The second-order valence-electron chi connectivity index (χ2n) is 6.84. The number of carbonyl (C=O) groups excluding carboxylic acids is 1. The molecule has 1 unspecified atom stereocenters. The molecule has 5 nitrogen and oxygen atoms in total. The molecule has 2 N–H and O–H groups in total. The average Bonchev–Trinajstić information content (AvgIpc) is 2.67. The van der Waals surface area contributed by atoms with Crippen LogP contribution in [0, 0.1) is 5.92 Å². The van der Waals surface area contributed by atoms with Crippen LogP contribution in [0.25, 0.3) is 0 Å². The molecule has 0 radical (unpaired) electrons. The maximum Gasteiger partial charge on any atom is 0.255 e.